The summed E-state index contributed by atoms with van der Waals surface area (Å²) < 4.78 is 26.5. The molecule has 1 heterocycles. The summed E-state index contributed by atoms with van der Waals surface area (Å²) in [5.74, 6) is 0. The fraction of sp³-hybridized carbons (Fsp3) is 0.154. The van der Waals surface area contributed by atoms with Crippen molar-refractivity contribution < 1.29 is 12.6 Å². The Bertz CT molecular complexity index is 598. The molecule has 0 aliphatic heterocycles. The normalized spacial score (nSPS) is 10.5. The minimum absolute atomic E-state index is 0.190. The van der Waals surface area contributed by atoms with Crippen molar-refractivity contribution in [2.75, 3.05) is 7.11 Å². The molecule has 0 spiro atoms. The Kier molecular flexibility index (Phi) is 5.95. The topological polar surface area (TPSA) is 56.3 Å². The summed E-state index contributed by atoms with van der Waals surface area (Å²) in [7, 11) is -2.37. The molecule has 0 unspecified atom stereocenters. The van der Waals surface area contributed by atoms with E-state index in [1.54, 1.807) is 24.4 Å². The van der Waals surface area contributed by atoms with E-state index in [9.17, 15) is 8.42 Å². The third kappa shape index (κ3) is 5.38. The monoisotopic (exact) mass is 299 g/mol. The molecule has 0 atom stereocenters. The van der Waals surface area contributed by atoms with Crippen LogP contribution in [0.5, 0.6) is 0 Å². The van der Waals surface area contributed by atoms with Gasteiger partial charge in [-0.25, -0.2) is 4.98 Å². The van der Waals surface area contributed by atoms with Crippen LogP contribution in [0.15, 0.2) is 53.6 Å². The molecule has 0 bridgehead atoms. The Morgan fingerprint density at radius 1 is 1.11 bits per heavy atom. The van der Waals surface area contributed by atoms with Crippen molar-refractivity contribution in [3.8, 4) is 0 Å². The van der Waals surface area contributed by atoms with Crippen LogP contribution in [0, 0.1) is 6.92 Å². The Morgan fingerprint density at radius 2 is 1.74 bits per heavy atom. The maximum atomic E-state index is 11.1. The van der Waals surface area contributed by atoms with Crippen LogP contribution in [-0.2, 0) is 14.3 Å². The van der Waals surface area contributed by atoms with Crippen molar-refractivity contribution in [1.82, 2.24) is 4.98 Å². The third-order valence-electron chi connectivity index (χ3n) is 2.16. The molecule has 2 aromatic rings. The quantitative estimate of drug-likeness (QED) is 0.632. The standard InChI is InChI=1S/C8H10O3S.C5H4ClN/c1-7-3-5-8(6-4-7)12(9,10)11-2;6-5-3-1-2-4-7-5/h3-6H,1-2H3;1-4H. The van der Waals surface area contributed by atoms with Crippen LogP contribution in [0.2, 0.25) is 5.15 Å². The first-order valence-electron chi connectivity index (χ1n) is 5.39. The average Bonchev–Trinajstić information content (AvgIpc) is 2.41. The van der Waals surface area contributed by atoms with Gasteiger partial charge in [0.1, 0.15) is 5.15 Å². The van der Waals surface area contributed by atoms with Gasteiger partial charge in [-0.3, -0.25) is 4.18 Å². The summed E-state index contributed by atoms with van der Waals surface area (Å²) in [5.41, 5.74) is 1.02. The fourth-order valence-corrected chi connectivity index (χ4v) is 1.93. The molecular formula is C13H14ClNO3S. The van der Waals surface area contributed by atoms with Crippen molar-refractivity contribution >= 4 is 21.7 Å². The number of aryl methyl sites for hydroxylation is 1. The van der Waals surface area contributed by atoms with E-state index in [1.807, 2.05) is 19.1 Å². The highest BCUT2D eigenvalue weighted by molar-refractivity contribution is 7.86. The van der Waals surface area contributed by atoms with Crippen LogP contribution in [0.3, 0.4) is 0 Å². The number of hydrogen-bond acceptors (Lipinski definition) is 4. The summed E-state index contributed by atoms with van der Waals surface area (Å²) in [5, 5.41) is 0.544. The lowest BCUT2D eigenvalue weighted by molar-refractivity contribution is 0.398. The fourth-order valence-electron chi connectivity index (χ4n) is 1.14. The first-order chi connectivity index (χ1) is 8.95. The van der Waals surface area contributed by atoms with Crippen LogP contribution >= 0.6 is 11.6 Å². The smallest absolute Gasteiger partial charge is 0.270 e. The number of nitrogens with zero attached hydrogens (tertiary/aromatic N) is 1. The lowest BCUT2D eigenvalue weighted by Gasteiger charge is -2.00. The Balaban J connectivity index is 0.000000218. The van der Waals surface area contributed by atoms with Crippen LogP contribution in [0.1, 0.15) is 5.56 Å². The molecule has 2 rings (SSSR count). The summed E-state index contributed by atoms with van der Waals surface area (Å²) in [6, 6.07) is 11.9. The zero-order chi connectivity index (χ0) is 14.3. The van der Waals surface area contributed by atoms with Gasteiger partial charge in [0.05, 0.1) is 12.0 Å². The first-order valence-corrected chi connectivity index (χ1v) is 7.18. The minimum Gasteiger partial charge on any atom is -0.270 e. The largest absolute Gasteiger partial charge is 0.296 e. The number of rotatable bonds is 2. The van der Waals surface area contributed by atoms with Gasteiger partial charge in [-0.15, -0.1) is 0 Å². The second-order valence-corrected chi connectivity index (χ2v) is 5.69. The SMILES string of the molecule is COS(=O)(=O)c1ccc(C)cc1.Clc1ccccn1. The van der Waals surface area contributed by atoms with Crippen molar-refractivity contribution in [2.45, 2.75) is 11.8 Å². The van der Waals surface area contributed by atoms with Gasteiger partial charge in [0.2, 0.25) is 0 Å². The third-order valence-corrected chi connectivity index (χ3v) is 3.67. The first kappa shape index (κ1) is 15.6. The van der Waals surface area contributed by atoms with Crippen LogP contribution in [-0.4, -0.2) is 20.5 Å². The van der Waals surface area contributed by atoms with Gasteiger partial charge in [-0.2, -0.15) is 8.42 Å². The molecule has 1 aromatic heterocycles. The van der Waals surface area contributed by atoms with E-state index in [-0.39, 0.29) is 4.90 Å². The molecule has 0 aliphatic carbocycles. The highest BCUT2D eigenvalue weighted by Gasteiger charge is 2.10. The van der Waals surface area contributed by atoms with Crippen molar-refractivity contribution in [3.63, 3.8) is 0 Å². The van der Waals surface area contributed by atoms with Gasteiger partial charge < -0.3 is 0 Å². The number of halogens is 1. The molecule has 1 aromatic carbocycles. The van der Waals surface area contributed by atoms with Crippen LogP contribution in [0.4, 0.5) is 0 Å². The molecule has 102 valence electrons. The summed E-state index contributed by atoms with van der Waals surface area (Å²) in [6.45, 7) is 1.89. The molecule has 0 fully saturated rings. The zero-order valence-electron chi connectivity index (χ0n) is 10.6. The maximum Gasteiger partial charge on any atom is 0.296 e. The van der Waals surface area contributed by atoms with Crippen molar-refractivity contribution in [1.29, 1.82) is 0 Å². The van der Waals surface area contributed by atoms with Gasteiger partial charge in [0.15, 0.2) is 0 Å². The van der Waals surface area contributed by atoms with Gasteiger partial charge >= 0.3 is 0 Å². The Hall–Kier alpha value is -1.43. The van der Waals surface area contributed by atoms with Gasteiger partial charge in [-0.05, 0) is 31.2 Å². The van der Waals surface area contributed by atoms with Crippen molar-refractivity contribution in [2.24, 2.45) is 0 Å². The van der Waals surface area contributed by atoms with Crippen LogP contribution in [0.25, 0.3) is 0 Å². The lowest BCUT2D eigenvalue weighted by atomic mass is 10.2. The molecule has 0 amide bonds. The molecule has 6 heteroatoms. The Labute approximate surface area is 118 Å². The van der Waals surface area contributed by atoms with E-state index in [2.05, 4.69) is 9.17 Å². The van der Waals surface area contributed by atoms with E-state index in [4.69, 9.17) is 11.6 Å². The zero-order valence-corrected chi connectivity index (χ0v) is 12.1. The van der Waals surface area contributed by atoms with Gasteiger partial charge in [0.25, 0.3) is 10.1 Å². The molecular weight excluding hydrogens is 286 g/mol. The minimum atomic E-state index is -3.51. The van der Waals surface area contributed by atoms with E-state index in [0.29, 0.717) is 5.15 Å². The molecule has 0 radical (unpaired) electrons. The Morgan fingerprint density at radius 3 is 2.11 bits per heavy atom. The lowest BCUT2D eigenvalue weighted by Crippen LogP contribution is -2.02. The number of aromatic nitrogens is 1. The van der Waals surface area contributed by atoms with E-state index in [0.717, 1.165) is 12.7 Å². The van der Waals surface area contributed by atoms with E-state index in [1.165, 1.54) is 12.1 Å². The maximum absolute atomic E-state index is 11.1. The second kappa shape index (κ2) is 7.23. The van der Waals surface area contributed by atoms with E-state index < -0.39 is 10.1 Å². The average molecular weight is 300 g/mol. The molecule has 0 saturated carbocycles. The number of benzene rings is 1. The summed E-state index contributed by atoms with van der Waals surface area (Å²) >= 11 is 5.43. The molecule has 0 N–H and O–H groups in total. The summed E-state index contributed by atoms with van der Waals surface area (Å²) in [6.07, 6.45) is 1.66. The highest BCUT2D eigenvalue weighted by Crippen LogP contribution is 2.11. The van der Waals surface area contributed by atoms with Gasteiger partial charge in [-0.1, -0.05) is 35.4 Å². The van der Waals surface area contributed by atoms with E-state index >= 15 is 0 Å². The van der Waals surface area contributed by atoms with Gasteiger partial charge in [0, 0.05) is 6.20 Å². The molecule has 19 heavy (non-hydrogen) atoms. The molecule has 0 aliphatic rings. The predicted octanol–water partition coefficient (Wildman–Crippen LogP) is 3.07. The summed E-state index contributed by atoms with van der Waals surface area (Å²) in [4.78, 5) is 3.93. The molecule has 4 nitrogen and oxygen atoms in total. The van der Waals surface area contributed by atoms with Crippen molar-refractivity contribution in [3.05, 3.63) is 59.4 Å². The number of hydrogen-bond donors (Lipinski definition) is 0. The predicted molar refractivity (Wildman–Crippen MR) is 74.6 cm³/mol. The number of pyridine rings is 1. The second-order valence-electron chi connectivity index (χ2n) is 3.59. The highest BCUT2D eigenvalue weighted by atomic mass is 35.5. The van der Waals surface area contributed by atoms with Crippen LogP contribution < -0.4 is 0 Å². The molecule has 0 saturated heterocycles.